The number of aromatic hydroxyl groups is 1. The van der Waals surface area contributed by atoms with Crippen LogP contribution >= 0.6 is 0 Å². The standard InChI is InChI=1S/C21H27N3O3/c1-24(17-5-3-2-4-6-17)13-14-9-16(10-14)23-12-20(26)15-7-8-19(25)18(11-15)21(22)27/h2-8,11,14,16,20,23,25-26H,9-10,12-13H2,1H3,(H2,22,27)/t14-,16-,20?. The van der Waals surface area contributed by atoms with Crippen molar-refractivity contribution in [2.75, 3.05) is 25.0 Å². The van der Waals surface area contributed by atoms with Crippen molar-refractivity contribution < 1.29 is 15.0 Å². The van der Waals surface area contributed by atoms with Crippen molar-refractivity contribution in [1.29, 1.82) is 0 Å². The van der Waals surface area contributed by atoms with Gasteiger partial charge in [0, 0.05) is 31.9 Å². The molecule has 1 fully saturated rings. The van der Waals surface area contributed by atoms with Crippen LogP contribution in [0.25, 0.3) is 0 Å². The summed E-state index contributed by atoms with van der Waals surface area (Å²) in [7, 11) is 2.11. The molecule has 1 aliphatic rings. The van der Waals surface area contributed by atoms with E-state index in [4.69, 9.17) is 5.73 Å². The summed E-state index contributed by atoms with van der Waals surface area (Å²) in [4.78, 5) is 13.6. The van der Waals surface area contributed by atoms with E-state index in [1.165, 1.54) is 17.8 Å². The minimum absolute atomic E-state index is 0.0270. The van der Waals surface area contributed by atoms with Gasteiger partial charge < -0.3 is 26.2 Å². The van der Waals surface area contributed by atoms with Gasteiger partial charge in [0.15, 0.2) is 0 Å². The van der Waals surface area contributed by atoms with Gasteiger partial charge in [0.2, 0.25) is 0 Å². The second-order valence-corrected chi connectivity index (χ2v) is 7.32. The molecule has 27 heavy (non-hydrogen) atoms. The molecule has 2 aromatic rings. The van der Waals surface area contributed by atoms with Crippen LogP contribution in [-0.4, -0.2) is 42.3 Å². The van der Waals surface area contributed by atoms with Gasteiger partial charge in [-0.05, 0) is 48.6 Å². The Morgan fingerprint density at radius 1 is 1.26 bits per heavy atom. The summed E-state index contributed by atoms with van der Waals surface area (Å²) in [6.07, 6.45) is 1.40. The molecule has 0 aliphatic heterocycles. The largest absolute Gasteiger partial charge is 0.507 e. The molecule has 3 rings (SSSR count). The molecule has 6 nitrogen and oxygen atoms in total. The number of amides is 1. The third kappa shape index (κ3) is 4.78. The zero-order chi connectivity index (χ0) is 19.4. The van der Waals surface area contributed by atoms with Crippen LogP contribution in [0.3, 0.4) is 0 Å². The van der Waals surface area contributed by atoms with Gasteiger partial charge in [0.05, 0.1) is 11.7 Å². The maximum Gasteiger partial charge on any atom is 0.252 e. The number of hydrogen-bond donors (Lipinski definition) is 4. The Bertz CT molecular complexity index is 775. The fourth-order valence-electron chi connectivity index (χ4n) is 3.58. The number of benzene rings is 2. The molecule has 0 aromatic heterocycles. The van der Waals surface area contributed by atoms with Crippen LogP contribution < -0.4 is 16.0 Å². The van der Waals surface area contributed by atoms with Crippen LogP contribution in [0.1, 0.15) is 34.9 Å². The number of anilines is 1. The quantitative estimate of drug-likeness (QED) is 0.571. The van der Waals surface area contributed by atoms with E-state index in [2.05, 4.69) is 29.4 Å². The Kier molecular flexibility index (Phi) is 5.98. The number of primary amides is 1. The normalized spacial score (nSPS) is 19.9. The Morgan fingerprint density at radius 2 is 1.96 bits per heavy atom. The highest BCUT2D eigenvalue weighted by atomic mass is 16.3. The monoisotopic (exact) mass is 369 g/mol. The van der Waals surface area contributed by atoms with E-state index in [0.29, 0.717) is 24.1 Å². The Balaban J connectivity index is 1.43. The number of rotatable bonds is 8. The number of nitrogens with one attached hydrogen (secondary N) is 1. The molecule has 1 saturated carbocycles. The van der Waals surface area contributed by atoms with Gasteiger partial charge in [-0.15, -0.1) is 0 Å². The van der Waals surface area contributed by atoms with Gasteiger partial charge in [-0.3, -0.25) is 4.79 Å². The first-order valence-corrected chi connectivity index (χ1v) is 9.24. The lowest BCUT2D eigenvalue weighted by molar-refractivity contribution is 0.0997. The second-order valence-electron chi connectivity index (χ2n) is 7.32. The molecule has 0 spiro atoms. The number of aliphatic hydroxyl groups is 1. The predicted molar refractivity (Wildman–Crippen MR) is 106 cm³/mol. The van der Waals surface area contributed by atoms with E-state index in [9.17, 15) is 15.0 Å². The summed E-state index contributed by atoms with van der Waals surface area (Å²) in [6.45, 7) is 1.42. The van der Waals surface area contributed by atoms with Gasteiger partial charge in [-0.2, -0.15) is 0 Å². The zero-order valence-electron chi connectivity index (χ0n) is 15.5. The fourth-order valence-corrected chi connectivity index (χ4v) is 3.58. The van der Waals surface area contributed by atoms with E-state index in [1.807, 2.05) is 18.2 Å². The van der Waals surface area contributed by atoms with E-state index >= 15 is 0 Å². The van der Waals surface area contributed by atoms with Crippen molar-refractivity contribution in [1.82, 2.24) is 5.32 Å². The number of nitrogens with two attached hydrogens (primary N) is 1. The summed E-state index contributed by atoms with van der Waals surface area (Å²) in [6, 6.07) is 15.2. The first-order chi connectivity index (χ1) is 12.9. The number of carbonyl (C=O) groups is 1. The van der Waals surface area contributed by atoms with Crippen LogP contribution in [0.2, 0.25) is 0 Å². The lowest BCUT2D eigenvalue weighted by atomic mass is 9.79. The molecule has 6 heteroatoms. The highest BCUT2D eigenvalue weighted by Crippen LogP contribution is 2.30. The molecular formula is C21H27N3O3. The Hall–Kier alpha value is -2.57. The van der Waals surface area contributed by atoms with Gasteiger partial charge in [0.1, 0.15) is 5.75 Å². The average Bonchev–Trinajstić information content (AvgIpc) is 2.63. The van der Waals surface area contributed by atoms with Crippen molar-refractivity contribution in [3.05, 3.63) is 59.7 Å². The smallest absolute Gasteiger partial charge is 0.252 e. The van der Waals surface area contributed by atoms with Crippen LogP contribution in [-0.2, 0) is 0 Å². The first-order valence-electron chi connectivity index (χ1n) is 9.24. The van der Waals surface area contributed by atoms with Gasteiger partial charge >= 0.3 is 0 Å². The third-order valence-electron chi connectivity index (χ3n) is 5.24. The molecule has 1 aliphatic carbocycles. The highest BCUT2D eigenvalue weighted by molar-refractivity contribution is 5.95. The summed E-state index contributed by atoms with van der Waals surface area (Å²) < 4.78 is 0. The van der Waals surface area contributed by atoms with E-state index in [1.54, 1.807) is 6.07 Å². The number of para-hydroxylation sites is 1. The lowest BCUT2D eigenvalue weighted by Crippen LogP contribution is -2.46. The molecular weight excluding hydrogens is 342 g/mol. The maximum absolute atomic E-state index is 11.3. The van der Waals surface area contributed by atoms with Crippen LogP contribution in [0.15, 0.2) is 48.5 Å². The highest BCUT2D eigenvalue weighted by Gasteiger charge is 2.30. The molecule has 0 heterocycles. The van der Waals surface area contributed by atoms with Gasteiger partial charge in [-0.25, -0.2) is 0 Å². The van der Waals surface area contributed by atoms with E-state index < -0.39 is 12.0 Å². The molecule has 2 aromatic carbocycles. The van der Waals surface area contributed by atoms with Crippen molar-refractivity contribution in [2.24, 2.45) is 11.7 Å². The topological polar surface area (TPSA) is 98.8 Å². The number of hydrogen-bond acceptors (Lipinski definition) is 5. The first kappa shape index (κ1) is 19.2. The molecule has 1 amide bonds. The van der Waals surface area contributed by atoms with E-state index in [0.717, 1.165) is 19.4 Å². The van der Waals surface area contributed by atoms with Crippen LogP contribution in [0, 0.1) is 5.92 Å². The molecule has 5 N–H and O–H groups in total. The molecule has 1 unspecified atom stereocenters. The minimum Gasteiger partial charge on any atom is -0.507 e. The van der Waals surface area contributed by atoms with Gasteiger partial charge in [-0.1, -0.05) is 24.3 Å². The minimum atomic E-state index is -0.755. The van der Waals surface area contributed by atoms with E-state index in [-0.39, 0.29) is 11.3 Å². The molecule has 0 radical (unpaired) electrons. The van der Waals surface area contributed by atoms with Crippen molar-refractivity contribution in [2.45, 2.75) is 25.0 Å². The maximum atomic E-state index is 11.3. The second kappa shape index (κ2) is 8.41. The Labute approximate surface area is 159 Å². The molecule has 1 atom stereocenters. The van der Waals surface area contributed by atoms with Crippen LogP contribution in [0.5, 0.6) is 5.75 Å². The average molecular weight is 369 g/mol. The number of carbonyl (C=O) groups excluding carboxylic acids is 1. The van der Waals surface area contributed by atoms with Crippen molar-refractivity contribution >= 4 is 11.6 Å². The summed E-state index contributed by atoms with van der Waals surface area (Å²) >= 11 is 0. The third-order valence-corrected chi connectivity index (χ3v) is 5.24. The molecule has 0 bridgehead atoms. The molecule has 144 valence electrons. The Morgan fingerprint density at radius 3 is 2.63 bits per heavy atom. The van der Waals surface area contributed by atoms with Crippen LogP contribution in [0.4, 0.5) is 5.69 Å². The van der Waals surface area contributed by atoms with Crippen molar-refractivity contribution in [3.63, 3.8) is 0 Å². The van der Waals surface area contributed by atoms with Gasteiger partial charge in [0.25, 0.3) is 5.91 Å². The number of aliphatic hydroxyl groups excluding tert-OH is 1. The molecule has 0 saturated heterocycles. The SMILES string of the molecule is CN(C[C@H]1C[C@H](NCC(O)c2ccc(O)c(C(N)=O)c2)C1)c1ccccc1. The summed E-state index contributed by atoms with van der Waals surface area (Å²) in [5.41, 5.74) is 7.05. The lowest BCUT2D eigenvalue weighted by Gasteiger charge is -2.39. The number of phenols is 1. The van der Waals surface area contributed by atoms with Crippen molar-refractivity contribution in [3.8, 4) is 5.75 Å². The summed E-state index contributed by atoms with van der Waals surface area (Å²) in [5.74, 6) is -0.241. The summed E-state index contributed by atoms with van der Waals surface area (Å²) in [5, 5.41) is 23.4. The fraction of sp³-hybridized carbons (Fsp3) is 0.381. The number of nitrogens with zero attached hydrogens (tertiary/aromatic N) is 1. The predicted octanol–water partition coefficient (Wildman–Crippen LogP) is 2.03. The zero-order valence-corrected chi connectivity index (χ0v) is 15.5.